The number of nitrogens with zero attached hydrogens (tertiary/aromatic N) is 4. The number of hydrogen-bond donors (Lipinski definition) is 2. The molecule has 0 atom stereocenters. The lowest BCUT2D eigenvalue weighted by molar-refractivity contribution is 0.601. The van der Waals surface area contributed by atoms with Crippen LogP contribution >= 0.6 is 24.0 Å². The van der Waals surface area contributed by atoms with Crippen molar-refractivity contribution >= 4 is 45.4 Å². The Labute approximate surface area is 187 Å². The molecule has 10 heteroatoms. The van der Waals surface area contributed by atoms with Crippen molar-refractivity contribution in [1.29, 1.82) is 0 Å². The number of hydrogen-bond acceptors (Lipinski definition) is 5. The predicted molar refractivity (Wildman–Crippen MR) is 125 cm³/mol. The van der Waals surface area contributed by atoms with Crippen LogP contribution in [0.15, 0.2) is 53.7 Å². The second-order valence-electron chi connectivity index (χ2n) is 6.48. The van der Waals surface area contributed by atoms with Crippen LogP contribution in [0.2, 0.25) is 0 Å². The number of aromatic nitrogens is 3. The Bertz CT molecular complexity index is 1060. The Balaban J connectivity index is 0.00000300. The average molecular weight is 528 g/mol. The summed E-state index contributed by atoms with van der Waals surface area (Å²) in [4.78, 5) is 4.59. The Morgan fingerprint density at radius 1 is 1.07 bits per heavy atom. The quantitative estimate of drug-likeness (QED) is 0.277. The first-order valence-corrected chi connectivity index (χ1v) is 11.1. The van der Waals surface area contributed by atoms with E-state index in [-0.39, 0.29) is 29.7 Å². The molecule has 0 aliphatic carbocycles. The first-order chi connectivity index (χ1) is 13.4. The molecule has 3 rings (SSSR count). The number of pyridine rings is 1. The normalized spacial score (nSPS) is 11.9. The third-order valence-electron chi connectivity index (χ3n) is 4.01. The van der Waals surface area contributed by atoms with E-state index in [9.17, 15) is 8.42 Å². The van der Waals surface area contributed by atoms with Gasteiger partial charge in [0.25, 0.3) is 0 Å². The van der Waals surface area contributed by atoms with Crippen LogP contribution < -0.4 is 10.6 Å². The summed E-state index contributed by atoms with van der Waals surface area (Å²) < 4.78 is 24.7. The average Bonchev–Trinajstić information content (AvgIpc) is 3.07. The zero-order valence-electron chi connectivity index (χ0n) is 16.4. The molecule has 0 aliphatic heterocycles. The first kappa shape index (κ1) is 23.1. The van der Waals surface area contributed by atoms with Crippen molar-refractivity contribution in [3.8, 4) is 0 Å². The molecule has 0 amide bonds. The fourth-order valence-corrected chi connectivity index (χ4v) is 3.53. The fourth-order valence-electron chi connectivity index (χ4n) is 2.73. The van der Waals surface area contributed by atoms with Crippen molar-refractivity contribution in [3.63, 3.8) is 0 Å². The van der Waals surface area contributed by atoms with Crippen molar-refractivity contribution in [2.24, 2.45) is 4.99 Å². The summed E-state index contributed by atoms with van der Waals surface area (Å²) in [5.41, 5.74) is 2.58. The highest BCUT2D eigenvalue weighted by Gasteiger charge is 2.06. The van der Waals surface area contributed by atoms with Gasteiger partial charge in [0.05, 0.1) is 18.8 Å². The van der Waals surface area contributed by atoms with Crippen molar-refractivity contribution in [3.05, 3.63) is 65.6 Å². The summed E-state index contributed by atoms with van der Waals surface area (Å²) >= 11 is 0. The lowest BCUT2D eigenvalue weighted by Crippen LogP contribution is -2.37. The van der Waals surface area contributed by atoms with Crippen LogP contribution in [0, 0.1) is 0 Å². The van der Waals surface area contributed by atoms with Gasteiger partial charge in [-0.1, -0.05) is 30.3 Å². The van der Waals surface area contributed by atoms with E-state index in [0.29, 0.717) is 19.0 Å². The predicted octanol–water partition coefficient (Wildman–Crippen LogP) is 2.15. The minimum atomic E-state index is -3.03. The van der Waals surface area contributed by atoms with Gasteiger partial charge in [0.2, 0.25) is 0 Å². The maximum atomic E-state index is 11.4. The van der Waals surface area contributed by atoms with E-state index in [0.717, 1.165) is 29.1 Å². The van der Waals surface area contributed by atoms with Gasteiger partial charge in [0.15, 0.2) is 27.3 Å². The Morgan fingerprint density at radius 3 is 2.48 bits per heavy atom. The SMILES string of the molecule is CCNC(=NCc1ccc(CS(C)(=O)=O)cc1)NCc1nnc2ccccn12.I. The molecule has 29 heavy (non-hydrogen) atoms. The van der Waals surface area contributed by atoms with Crippen LogP contribution in [0.4, 0.5) is 0 Å². The van der Waals surface area contributed by atoms with Gasteiger partial charge in [-0.25, -0.2) is 13.4 Å². The third-order valence-corrected chi connectivity index (χ3v) is 4.87. The highest BCUT2D eigenvalue weighted by atomic mass is 127. The van der Waals surface area contributed by atoms with E-state index in [1.54, 1.807) is 0 Å². The van der Waals surface area contributed by atoms with Gasteiger partial charge >= 0.3 is 0 Å². The molecule has 8 nitrogen and oxygen atoms in total. The lowest BCUT2D eigenvalue weighted by atomic mass is 10.1. The molecule has 0 fully saturated rings. The van der Waals surface area contributed by atoms with Crippen LogP contribution in [0.3, 0.4) is 0 Å². The number of fused-ring (bicyclic) bond motifs is 1. The van der Waals surface area contributed by atoms with Gasteiger partial charge in [-0.3, -0.25) is 4.40 Å². The molecule has 2 heterocycles. The molecule has 156 valence electrons. The summed E-state index contributed by atoms with van der Waals surface area (Å²) in [6.45, 7) is 3.71. The molecule has 0 unspecified atom stereocenters. The largest absolute Gasteiger partial charge is 0.357 e. The first-order valence-electron chi connectivity index (χ1n) is 9.01. The van der Waals surface area contributed by atoms with E-state index >= 15 is 0 Å². The highest BCUT2D eigenvalue weighted by Crippen LogP contribution is 2.09. The number of benzene rings is 1. The van der Waals surface area contributed by atoms with Crippen molar-refractivity contribution < 1.29 is 8.42 Å². The fraction of sp³-hybridized carbons (Fsp3) is 0.316. The van der Waals surface area contributed by atoms with Gasteiger partial charge in [-0.2, -0.15) is 0 Å². The summed E-state index contributed by atoms with van der Waals surface area (Å²) in [6, 6.07) is 13.2. The number of rotatable bonds is 7. The Kier molecular flexibility index (Phi) is 8.38. The summed E-state index contributed by atoms with van der Waals surface area (Å²) in [5.74, 6) is 1.52. The maximum Gasteiger partial charge on any atom is 0.191 e. The van der Waals surface area contributed by atoms with Gasteiger partial charge in [0.1, 0.15) is 0 Å². The van der Waals surface area contributed by atoms with Crippen molar-refractivity contribution in [1.82, 2.24) is 25.2 Å². The van der Waals surface area contributed by atoms with Crippen LogP contribution in [-0.4, -0.2) is 41.8 Å². The van der Waals surface area contributed by atoms with E-state index < -0.39 is 9.84 Å². The number of sulfone groups is 1. The topological polar surface area (TPSA) is 101 Å². The smallest absolute Gasteiger partial charge is 0.191 e. The molecule has 1 aromatic carbocycles. The minimum absolute atomic E-state index is 0. The van der Waals surface area contributed by atoms with Crippen LogP contribution in [0.1, 0.15) is 23.9 Å². The molecule has 0 saturated heterocycles. The molecule has 0 spiro atoms. The number of halogens is 1. The summed E-state index contributed by atoms with van der Waals surface area (Å²) in [7, 11) is -3.03. The summed E-state index contributed by atoms with van der Waals surface area (Å²) in [5, 5.41) is 14.8. The Hall–Kier alpha value is -2.21. The van der Waals surface area contributed by atoms with Gasteiger partial charge in [-0.05, 0) is 30.2 Å². The van der Waals surface area contributed by atoms with Crippen LogP contribution in [0.25, 0.3) is 5.65 Å². The molecule has 0 bridgehead atoms. The molecule has 2 N–H and O–H groups in total. The van der Waals surface area contributed by atoms with Crippen LogP contribution in [0.5, 0.6) is 0 Å². The monoisotopic (exact) mass is 528 g/mol. The zero-order valence-corrected chi connectivity index (χ0v) is 19.5. The molecule has 2 aromatic heterocycles. The summed E-state index contributed by atoms with van der Waals surface area (Å²) in [6.07, 6.45) is 3.16. The molecule has 0 radical (unpaired) electrons. The van der Waals surface area contributed by atoms with E-state index in [1.165, 1.54) is 6.26 Å². The van der Waals surface area contributed by atoms with Crippen molar-refractivity contribution in [2.45, 2.75) is 25.8 Å². The number of nitrogens with one attached hydrogen (secondary N) is 2. The maximum absolute atomic E-state index is 11.4. The second kappa shape index (κ2) is 10.5. The second-order valence-corrected chi connectivity index (χ2v) is 8.62. The van der Waals surface area contributed by atoms with E-state index in [2.05, 4.69) is 25.8 Å². The number of guanidine groups is 1. The Morgan fingerprint density at radius 2 is 1.79 bits per heavy atom. The lowest BCUT2D eigenvalue weighted by Gasteiger charge is -2.10. The van der Waals surface area contributed by atoms with Gasteiger partial charge < -0.3 is 10.6 Å². The van der Waals surface area contributed by atoms with Gasteiger partial charge in [-0.15, -0.1) is 34.2 Å². The minimum Gasteiger partial charge on any atom is -0.357 e. The molecule has 0 aliphatic rings. The van der Waals surface area contributed by atoms with Gasteiger partial charge in [0, 0.05) is 19.0 Å². The van der Waals surface area contributed by atoms with Crippen molar-refractivity contribution in [2.75, 3.05) is 12.8 Å². The number of aliphatic imine (C=N–C) groups is 1. The standard InChI is InChI=1S/C19H24N6O2S.HI/c1-3-20-19(22-13-18-24-23-17-6-4-5-11-25(17)18)21-12-15-7-9-16(10-8-15)14-28(2,26)27;/h4-11H,3,12-14H2,1-2H3,(H2,20,21,22);1H. The highest BCUT2D eigenvalue weighted by molar-refractivity contribution is 14.0. The zero-order chi connectivity index (χ0) is 20.0. The molecule has 0 saturated carbocycles. The molecule has 3 aromatic rings. The third kappa shape index (κ3) is 6.96. The van der Waals surface area contributed by atoms with Crippen LogP contribution in [-0.2, 0) is 28.7 Å². The molecular weight excluding hydrogens is 503 g/mol. The van der Waals surface area contributed by atoms with E-state index in [4.69, 9.17) is 0 Å². The van der Waals surface area contributed by atoms with E-state index in [1.807, 2.05) is 60.0 Å². The molecular formula is C19H25IN6O2S.